The quantitative estimate of drug-likeness (QED) is 0.625. The summed E-state index contributed by atoms with van der Waals surface area (Å²) in [6.07, 6.45) is 2.93. The molecule has 3 N–H and O–H groups in total. The van der Waals surface area contributed by atoms with Crippen LogP contribution in [0.3, 0.4) is 0 Å². The Morgan fingerprint density at radius 1 is 1.61 bits per heavy atom. The van der Waals surface area contributed by atoms with Gasteiger partial charge in [0, 0.05) is 13.2 Å². The maximum absolute atomic E-state index is 11.6. The number of amides is 3. The standard InChI is InChI=1S/C10H13N5O3/c1-14-9(17)2-7(10(14)18)13-8(16)5-15-4-6(11)3-12-15/h3-4,7H,2,5,11H2,1H3,(H,13,16). The lowest BCUT2D eigenvalue weighted by atomic mass is 10.2. The molecule has 0 aromatic carbocycles. The second kappa shape index (κ2) is 4.47. The Kier molecular flexibility index (Phi) is 3.00. The van der Waals surface area contributed by atoms with E-state index >= 15 is 0 Å². The third kappa shape index (κ3) is 2.31. The van der Waals surface area contributed by atoms with Crippen molar-refractivity contribution in [3.63, 3.8) is 0 Å². The highest BCUT2D eigenvalue weighted by Gasteiger charge is 2.36. The minimum absolute atomic E-state index is 0.00230. The maximum Gasteiger partial charge on any atom is 0.252 e. The first kappa shape index (κ1) is 12.1. The van der Waals surface area contributed by atoms with Crippen molar-refractivity contribution in [3.8, 4) is 0 Å². The Labute approximate surface area is 103 Å². The Hall–Kier alpha value is -2.38. The molecule has 1 aromatic heterocycles. The topological polar surface area (TPSA) is 110 Å². The minimum atomic E-state index is -0.775. The van der Waals surface area contributed by atoms with Crippen LogP contribution in [-0.4, -0.2) is 45.5 Å². The number of likely N-dealkylation sites (tertiary alicyclic amines) is 1. The Balaban J connectivity index is 1.92. The normalized spacial score (nSPS) is 19.4. The molecule has 1 atom stereocenters. The zero-order valence-corrected chi connectivity index (χ0v) is 9.79. The second-order valence-corrected chi connectivity index (χ2v) is 4.09. The first-order chi connectivity index (χ1) is 8.47. The molecule has 2 rings (SSSR count). The van der Waals surface area contributed by atoms with Crippen molar-refractivity contribution in [1.29, 1.82) is 0 Å². The van der Waals surface area contributed by atoms with E-state index in [1.807, 2.05) is 0 Å². The van der Waals surface area contributed by atoms with Crippen molar-refractivity contribution in [3.05, 3.63) is 12.4 Å². The Bertz CT molecular complexity index is 509. The van der Waals surface area contributed by atoms with Crippen molar-refractivity contribution in [1.82, 2.24) is 20.0 Å². The van der Waals surface area contributed by atoms with Crippen molar-refractivity contribution >= 4 is 23.4 Å². The molecule has 1 aliphatic heterocycles. The Morgan fingerprint density at radius 2 is 2.33 bits per heavy atom. The van der Waals surface area contributed by atoms with Crippen molar-refractivity contribution in [2.75, 3.05) is 12.8 Å². The highest BCUT2D eigenvalue weighted by molar-refractivity contribution is 6.06. The van der Waals surface area contributed by atoms with Gasteiger partial charge < -0.3 is 11.1 Å². The number of imide groups is 1. The van der Waals surface area contributed by atoms with E-state index < -0.39 is 11.9 Å². The van der Waals surface area contributed by atoms with Crippen molar-refractivity contribution in [2.45, 2.75) is 19.0 Å². The molecule has 1 unspecified atom stereocenters. The zero-order chi connectivity index (χ0) is 13.3. The zero-order valence-electron chi connectivity index (χ0n) is 9.79. The summed E-state index contributed by atoms with van der Waals surface area (Å²) in [5.74, 6) is -1.08. The predicted molar refractivity (Wildman–Crippen MR) is 61.0 cm³/mol. The minimum Gasteiger partial charge on any atom is -0.396 e. The van der Waals surface area contributed by atoms with Gasteiger partial charge in [-0.2, -0.15) is 5.10 Å². The average molecular weight is 251 g/mol. The molecule has 18 heavy (non-hydrogen) atoms. The van der Waals surface area contributed by atoms with Crippen molar-refractivity contribution < 1.29 is 14.4 Å². The number of rotatable bonds is 3. The molecule has 0 bridgehead atoms. The average Bonchev–Trinajstić information content (AvgIpc) is 2.80. The highest BCUT2D eigenvalue weighted by Crippen LogP contribution is 2.10. The van der Waals surface area contributed by atoms with E-state index in [1.165, 1.54) is 24.1 Å². The van der Waals surface area contributed by atoms with Gasteiger partial charge in [0.2, 0.25) is 11.8 Å². The maximum atomic E-state index is 11.6. The van der Waals surface area contributed by atoms with Crippen LogP contribution in [0, 0.1) is 0 Å². The van der Waals surface area contributed by atoms with Crippen LogP contribution in [0.1, 0.15) is 6.42 Å². The van der Waals surface area contributed by atoms with Gasteiger partial charge in [-0.15, -0.1) is 0 Å². The fourth-order valence-electron chi connectivity index (χ4n) is 1.72. The van der Waals surface area contributed by atoms with Gasteiger partial charge in [-0.05, 0) is 0 Å². The summed E-state index contributed by atoms with van der Waals surface area (Å²) in [6.45, 7) is -0.0428. The third-order valence-corrected chi connectivity index (χ3v) is 2.68. The first-order valence-electron chi connectivity index (χ1n) is 5.35. The summed E-state index contributed by atoms with van der Waals surface area (Å²) in [7, 11) is 1.39. The van der Waals surface area contributed by atoms with Crippen LogP contribution in [0.2, 0.25) is 0 Å². The van der Waals surface area contributed by atoms with Gasteiger partial charge in [0.25, 0.3) is 5.91 Å². The molecule has 8 nitrogen and oxygen atoms in total. The molecule has 0 radical (unpaired) electrons. The lowest BCUT2D eigenvalue weighted by molar-refractivity contribution is -0.138. The summed E-state index contributed by atoms with van der Waals surface area (Å²) >= 11 is 0. The number of anilines is 1. The number of likely N-dealkylation sites (N-methyl/N-ethyl adjacent to an activating group) is 1. The number of hydrogen-bond acceptors (Lipinski definition) is 5. The summed E-state index contributed by atoms with van der Waals surface area (Å²) in [6, 6.07) is -0.775. The van der Waals surface area contributed by atoms with E-state index in [1.54, 1.807) is 0 Å². The molecule has 8 heteroatoms. The summed E-state index contributed by atoms with van der Waals surface area (Å²) in [5.41, 5.74) is 5.91. The summed E-state index contributed by atoms with van der Waals surface area (Å²) < 4.78 is 1.36. The van der Waals surface area contributed by atoms with Gasteiger partial charge >= 0.3 is 0 Å². The van der Waals surface area contributed by atoms with E-state index in [2.05, 4.69) is 10.4 Å². The second-order valence-electron chi connectivity index (χ2n) is 4.09. The molecule has 2 heterocycles. The number of aromatic nitrogens is 2. The SMILES string of the molecule is CN1C(=O)CC(NC(=O)Cn2cc(N)cn2)C1=O. The number of nitrogens with two attached hydrogens (primary N) is 1. The van der Waals surface area contributed by atoms with Gasteiger partial charge in [-0.3, -0.25) is 24.0 Å². The molecule has 0 spiro atoms. The predicted octanol–water partition coefficient (Wildman–Crippen LogP) is -1.66. The van der Waals surface area contributed by atoms with Gasteiger partial charge in [-0.1, -0.05) is 0 Å². The van der Waals surface area contributed by atoms with Crippen LogP contribution in [0.5, 0.6) is 0 Å². The van der Waals surface area contributed by atoms with Gasteiger partial charge in [-0.25, -0.2) is 0 Å². The van der Waals surface area contributed by atoms with E-state index in [-0.39, 0.29) is 24.8 Å². The third-order valence-electron chi connectivity index (χ3n) is 2.68. The molecule has 1 aromatic rings. The van der Waals surface area contributed by atoms with Crippen LogP contribution >= 0.6 is 0 Å². The monoisotopic (exact) mass is 251 g/mol. The van der Waals surface area contributed by atoms with Crippen LogP contribution < -0.4 is 11.1 Å². The molecule has 1 fully saturated rings. The van der Waals surface area contributed by atoms with E-state index in [0.29, 0.717) is 5.69 Å². The molecule has 3 amide bonds. The van der Waals surface area contributed by atoms with Crippen LogP contribution in [0.4, 0.5) is 5.69 Å². The number of hydrogen-bond donors (Lipinski definition) is 2. The fourth-order valence-corrected chi connectivity index (χ4v) is 1.72. The fraction of sp³-hybridized carbons (Fsp3) is 0.400. The van der Waals surface area contributed by atoms with Crippen LogP contribution in [-0.2, 0) is 20.9 Å². The molecule has 1 aliphatic rings. The molecule has 1 saturated heterocycles. The summed E-state index contributed by atoms with van der Waals surface area (Å²) in [4.78, 5) is 35.5. The number of nitrogens with zero attached hydrogens (tertiary/aromatic N) is 3. The van der Waals surface area contributed by atoms with E-state index in [9.17, 15) is 14.4 Å². The van der Waals surface area contributed by atoms with Gasteiger partial charge in [0.05, 0.1) is 18.3 Å². The number of carbonyl (C=O) groups is 3. The molecule has 0 saturated carbocycles. The Morgan fingerprint density at radius 3 is 2.83 bits per heavy atom. The van der Waals surface area contributed by atoms with Gasteiger partial charge in [0.1, 0.15) is 12.6 Å². The highest BCUT2D eigenvalue weighted by atomic mass is 16.2. The first-order valence-corrected chi connectivity index (χ1v) is 5.35. The van der Waals surface area contributed by atoms with Gasteiger partial charge in [0.15, 0.2) is 0 Å². The lowest BCUT2D eigenvalue weighted by Crippen LogP contribution is -2.42. The van der Waals surface area contributed by atoms with E-state index in [0.717, 1.165) is 4.90 Å². The van der Waals surface area contributed by atoms with Crippen LogP contribution in [0.15, 0.2) is 12.4 Å². The lowest BCUT2D eigenvalue weighted by Gasteiger charge is -2.10. The van der Waals surface area contributed by atoms with Crippen molar-refractivity contribution in [2.24, 2.45) is 0 Å². The smallest absolute Gasteiger partial charge is 0.252 e. The van der Waals surface area contributed by atoms with E-state index in [4.69, 9.17) is 5.73 Å². The number of nitrogen functional groups attached to an aromatic ring is 1. The molecular formula is C10H13N5O3. The number of nitrogens with one attached hydrogen (secondary N) is 1. The molecular weight excluding hydrogens is 238 g/mol. The summed E-state index contributed by atoms with van der Waals surface area (Å²) in [5, 5.41) is 6.34. The molecule has 96 valence electrons. The van der Waals surface area contributed by atoms with Crippen LogP contribution in [0.25, 0.3) is 0 Å². The molecule has 0 aliphatic carbocycles. The number of carbonyl (C=O) groups excluding carboxylic acids is 3. The largest absolute Gasteiger partial charge is 0.396 e.